The fourth-order valence-corrected chi connectivity index (χ4v) is 2.96. The van der Waals surface area contributed by atoms with E-state index in [1.807, 2.05) is 0 Å². The molecule has 1 aliphatic carbocycles. The van der Waals surface area contributed by atoms with Crippen LogP contribution in [0.25, 0.3) is 0 Å². The highest BCUT2D eigenvalue weighted by atomic mass is 14.9. The van der Waals surface area contributed by atoms with Crippen LogP contribution in [0.3, 0.4) is 0 Å². The van der Waals surface area contributed by atoms with Gasteiger partial charge in [-0.1, -0.05) is 56.0 Å². The summed E-state index contributed by atoms with van der Waals surface area (Å²) in [6, 6.07) is 12.3. The average molecular weight is 245 g/mol. The fraction of sp³-hybridized carbons (Fsp3) is 0.647. The molecule has 1 nitrogen and oxygen atoms in total. The zero-order chi connectivity index (χ0) is 12.6. The van der Waals surface area contributed by atoms with Crippen LogP contribution < -0.4 is 5.32 Å². The van der Waals surface area contributed by atoms with Gasteiger partial charge in [-0.15, -0.1) is 0 Å². The lowest BCUT2D eigenvalue weighted by atomic mass is 10.0. The molecule has 1 unspecified atom stereocenters. The van der Waals surface area contributed by atoms with Crippen LogP contribution >= 0.6 is 0 Å². The van der Waals surface area contributed by atoms with Gasteiger partial charge in [-0.2, -0.15) is 0 Å². The maximum Gasteiger partial charge on any atom is 0.00695 e. The third-order valence-corrected chi connectivity index (χ3v) is 4.08. The predicted octanol–water partition coefficient (Wildman–Crippen LogP) is 4.32. The van der Waals surface area contributed by atoms with Crippen LogP contribution in [-0.2, 0) is 6.42 Å². The molecule has 0 bridgehead atoms. The molecule has 1 saturated carbocycles. The van der Waals surface area contributed by atoms with Crippen molar-refractivity contribution < 1.29 is 0 Å². The fourth-order valence-electron chi connectivity index (χ4n) is 2.96. The van der Waals surface area contributed by atoms with Crippen LogP contribution in [0.4, 0.5) is 0 Å². The predicted molar refractivity (Wildman–Crippen MR) is 78.9 cm³/mol. The highest BCUT2D eigenvalue weighted by molar-refractivity contribution is 5.14. The van der Waals surface area contributed by atoms with Crippen molar-refractivity contribution in [1.82, 2.24) is 5.32 Å². The molecule has 18 heavy (non-hydrogen) atoms. The lowest BCUT2D eigenvalue weighted by Gasteiger charge is -2.22. The van der Waals surface area contributed by atoms with Crippen molar-refractivity contribution in [3.63, 3.8) is 0 Å². The lowest BCUT2D eigenvalue weighted by molar-refractivity contribution is 0.394. The van der Waals surface area contributed by atoms with Crippen LogP contribution in [0.5, 0.6) is 0 Å². The van der Waals surface area contributed by atoms with E-state index in [9.17, 15) is 0 Å². The average Bonchev–Trinajstić information content (AvgIpc) is 2.66. The van der Waals surface area contributed by atoms with Crippen molar-refractivity contribution in [2.24, 2.45) is 0 Å². The summed E-state index contributed by atoms with van der Waals surface area (Å²) in [6.07, 6.45) is 10.9. The van der Waals surface area contributed by atoms with Crippen LogP contribution in [0.2, 0.25) is 0 Å². The van der Waals surface area contributed by atoms with Gasteiger partial charge in [0.15, 0.2) is 0 Å². The monoisotopic (exact) mass is 245 g/mol. The van der Waals surface area contributed by atoms with Crippen molar-refractivity contribution in [3.05, 3.63) is 35.9 Å². The largest absolute Gasteiger partial charge is 0.311 e. The van der Waals surface area contributed by atoms with Gasteiger partial charge in [0.05, 0.1) is 0 Å². The number of aryl methyl sites for hydroxylation is 1. The zero-order valence-corrected chi connectivity index (χ0v) is 11.7. The normalized spacial score (nSPS) is 19.4. The van der Waals surface area contributed by atoms with E-state index >= 15 is 0 Å². The first-order valence-corrected chi connectivity index (χ1v) is 7.64. The molecule has 0 heterocycles. The zero-order valence-electron chi connectivity index (χ0n) is 11.7. The second kappa shape index (κ2) is 7.58. The van der Waals surface area contributed by atoms with Crippen molar-refractivity contribution in [1.29, 1.82) is 0 Å². The minimum absolute atomic E-state index is 0.647. The molecule has 1 N–H and O–H groups in total. The van der Waals surface area contributed by atoms with Crippen molar-refractivity contribution in [2.75, 3.05) is 0 Å². The Bertz CT molecular complexity index is 312. The maximum atomic E-state index is 3.83. The van der Waals surface area contributed by atoms with Gasteiger partial charge in [-0.25, -0.2) is 0 Å². The van der Waals surface area contributed by atoms with Crippen LogP contribution in [-0.4, -0.2) is 12.1 Å². The summed E-state index contributed by atoms with van der Waals surface area (Å²) in [4.78, 5) is 0. The first-order chi connectivity index (χ1) is 8.84. The molecule has 2 rings (SSSR count). The highest BCUT2D eigenvalue weighted by Crippen LogP contribution is 2.18. The van der Waals surface area contributed by atoms with Gasteiger partial charge in [0.2, 0.25) is 0 Å². The van der Waals surface area contributed by atoms with E-state index in [0.29, 0.717) is 6.04 Å². The molecule has 0 saturated heterocycles. The van der Waals surface area contributed by atoms with Gasteiger partial charge in [0, 0.05) is 12.1 Å². The number of rotatable bonds is 5. The minimum Gasteiger partial charge on any atom is -0.311 e. The van der Waals surface area contributed by atoms with Crippen molar-refractivity contribution in [3.8, 4) is 0 Å². The third-order valence-electron chi connectivity index (χ3n) is 4.08. The Labute approximate surface area is 112 Å². The summed E-state index contributed by atoms with van der Waals surface area (Å²) in [5.41, 5.74) is 1.46. The van der Waals surface area contributed by atoms with E-state index in [4.69, 9.17) is 0 Å². The number of nitrogens with one attached hydrogen (secondary N) is 1. The molecular formula is C17H27N. The SMILES string of the molecule is CC(CCc1ccccc1)NC1CCCCCC1. The number of hydrogen-bond donors (Lipinski definition) is 1. The Kier molecular flexibility index (Phi) is 5.73. The van der Waals surface area contributed by atoms with E-state index in [2.05, 4.69) is 42.6 Å². The Morgan fingerprint density at radius 2 is 1.72 bits per heavy atom. The summed E-state index contributed by atoms with van der Waals surface area (Å²) in [5.74, 6) is 0. The molecule has 1 heteroatoms. The molecule has 0 spiro atoms. The Morgan fingerprint density at radius 3 is 2.39 bits per heavy atom. The second-order valence-corrected chi connectivity index (χ2v) is 5.78. The molecular weight excluding hydrogens is 218 g/mol. The standard InChI is InChI=1S/C17H27N/c1-15(13-14-16-9-5-4-6-10-16)18-17-11-7-2-3-8-12-17/h4-6,9-10,15,17-18H,2-3,7-8,11-14H2,1H3. The molecule has 100 valence electrons. The summed E-state index contributed by atoms with van der Waals surface area (Å²) in [7, 11) is 0. The van der Waals surface area contributed by atoms with E-state index in [1.54, 1.807) is 0 Å². The van der Waals surface area contributed by atoms with Gasteiger partial charge < -0.3 is 5.32 Å². The maximum absolute atomic E-state index is 3.83. The van der Waals surface area contributed by atoms with E-state index in [0.717, 1.165) is 6.04 Å². The minimum atomic E-state index is 0.647. The number of hydrogen-bond acceptors (Lipinski definition) is 1. The van der Waals surface area contributed by atoms with Crippen molar-refractivity contribution >= 4 is 0 Å². The molecule has 0 amide bonds. The molecule has 1 atom stereocenters. The van der Waals surface area contributed by atoms with Gasteiger partial charge in [-0.05, 0) is 38.2 Å². The Morgan fingerprint density at radius 1 is 1.06 bits per heavy atom. The van der Waals surface area contributed by atoms with Gasteiger partial charge in [0.1, 0.15) is 0 Å². The first-order valence-electron chi connectivity index (χ1n) is 7.64. The second-order valence-electron chi connectivity index (χ2n) is 5.78. The van der Waals surface area contributed by atoms with Gasteiger partial charge in [-0.3, -0.25) is 0 Å². The molecule has 1 aromatic carbocycles. The van der Waals surface area contributed by atoms with Gasteiger partial charge in [0.25, 0.3) is 0 Å². The van der Waals surface area contributed by atoms with Crippen molar-refractivity contribution in [2.45, 2.75) is 70.4 Å². The summed E-state index contributed by atoms with van der Waals surface area (Å²) >= 11 is 0. The van der Waals surface area contributed by atoms with E-state index < -0.39 is 0 Å². The summed E-state index contributed by atoms with van der Waals surface area (Å²) in [6.45, 7) is 2.34. The Hall–Kier alpha value is -0.820. The Balaban J connectivity index is 1.69. The smallest absolute Gasteiger partial charge is 0.00695 e. The van der Waals surface area contributed by atoms with E-state index in [1.165, 1.54) is 56.9 Å². The topological polar surface area (TPSA) is 12.0 Å². The summed E-state index contributed by atoms with van der Waals surface area (Å²) < 4.78 is 0. The highest BCUT2D eigenvalue weighted by Gasteiger charge is 2.14. The third kappa shape index (κ3) is 4.81. The van der Waals surface area contributed by atoms with E-state index in [-0.39, 0.29) is 0 Å². The molecule has 0 aliphatic heterocycles. The van der Waals surface area contributed by atoms with Crippen LogP contribution in [0, 0.1) is 0 Å². The molecule has 1 aliphatic rings. The molecule has 0 aromatic heterocycles. The van der Waals surface area contributed by atoms with Gasteiger partial charge >= 0.3 is 0 Å². The number of benzene rings is 1. The summed E-state index contributed by atoms with van der Waals surface area (Å²) in [5, 5.41) is 3.83. The first kappa shape index (κ1) is 13.6. The molecule has 0 radical (unpaired) electrons. The molecule has 1 aromatic rings. The quantitative estimate of drug-likeness (QED) is 0.762. The van der Waals surface area contributed by atoms with Crippen LogP contribution in [0.15, 0.2) is 30.3 Å². The lowest BCUT2D eigenvalue weighted by Crippen LogP contribution is -2.36. The molecule has 1 fully saturated rings. The van der Waals surface area contributed by atoms with Crippen LogP contribution in [0.1, 0.15) is 57.4 Å².